The number of carbonyl (C=O) groups excluding carboxylic acids is 1. The molecule has 0 saturated carbocycles. The second kappa shape index (κ2) is 7.57. The Hall–Kier alpha value is -1.98. The Kier molecular flexibility index (Phi) is 5.46. The molecule has 2 rings (SSSR count). The summed E-state index contributed by atoms with van der Waals surface area (Å²) in [4.78, 5) is 12.5. The number of nitrogens with one attached hydrogen (secondary N) is 1. The standard InChI is InChI=1S/C15H16N2O2S/c16-17-15(18)12-6-8-13(9-7-12)19-10-11-20-14-4-2-1-3-5-14/h1-9H,10-11,16H2,(H,17,18). The third-order valence-corrected chi connectivity index (χ3v) is 3.59. The van der Waals surface area contributed by atoms with Crippen LogP contribution in [0.4, 0.5) is 0 Å². The van der Waals surface area contributed by atoms with Gasteiger partial charge in [0.2, 0.25) is 0 Å². The van der Waals surface area contributed by atoms with Crippen molar-refractivity contribution in [3.63, 3.8) is 0 Å². The van der Waals surface area contributed by atoms with Crippen molar-refractivity contribution in [3.05, 3.63) is 60.2 Å². The molecule has 4 nitrogen and oxygen atoms in total. The average Bonchev–Trinajstić information content (AvgIpc) is 2.52. The summed E-state index contributed by atoms with van der Waals surface area (Å²) in [6, 6.07) is 17.1. The first-order valence-corrected chi connectivity index (χ1v) is 7.20. The van der Waals surface area contributed by atoms with Gasteiger partial charge in [0.1, 0.15) is 5.75 Å². The Morgan fingerprint density at radius 3 is 2.45 bits per heavy atom. The molecule has 3 N–H and O–H groups in total. The Morgan fingerprint density at radius 2 is 1.80 bits per heavy atom. The van der Waals surface area contributed by atoms with Gasteiger partial charge < -0.3 is 4.74 Å². The highest BCUT2D eigenvalue weighted by Gasteiger charge is 2.02. The number of thioether (sulfide) groups is 1. The van der Waals surface area contributed by atoms with Gasteiger partial charge in [-0.05, 0) is 36.4 Å². The highest BCUT2D eigenvalue weighted by atomic mass is 32.2. The fraction of sp³-hybridized carbons (Fsp3) is 0.133. The Morgan fingerprint density at radius 1 is 1.10 bits per heavy atom. The molecule has 5 heteroatoms. The first-order valence-electron chi connectivity index (χ1n) is 6.21. The molecule has 0 aliphatic heterocycles. The Balaban J connectivity index is 1.75. The van der Waals surface area contributed by atoms with Crippen molar-refractivity contribution in [2.75, 3.05) is 12.4 Å². The number of benzene rings is 2. The third-order valence-electron chi connectivity index (χ3n) is 2.61. The lowest BCUT2D eigenvalue weighted by Crippen LogP contribution is -2.29. The second-order valence-electron chi connectivity index (χ2n) is 4.01. The van der Waals surface area contributed by atoms with Gasteiger partial charge in [-0.3, -0.25) is 10.2 Å². The van der Waals surface area contributed by atoms with E-state index in [-0.39, 0.29) is 5.91 Å². The molecule has 1 amide bonds. The van der Waals surface area contributed by atoms with E-state index in [9.17, 15) is 4.79 Å². The summed E-state index contributed by atoms with van der Waals surface area (Å²) in [6.45, 7) is 0.613. The molecule has 2 aromatic rings. The number of carbonyl (C=O) groups is 1. The quantitative estimate of drug-likeness (QED) is 0.282. The van der Waals surface area contributed by atoms with Crippen molar-refractivity contribution in [1.82, 2.24) is 5.43 Å². The van der Waals surface area contributed by atoms with Crippen LogP contribution in [-0.4, -0.2) is 18.3 Å². The van der Waals surface area contributed by atoms with Crippen molar-refractivity contribution in [1.29, 1.82) is 0 Å². The summed E-state index contributed by atoms with van der Waals surface area (Å²) in [5.41, 5.74) is 2.60. The highest BCUT2D eigenvalue weighted by Crippen LogP contribution is 2.17. The molecular weight excluding hydrogens is 272 g/mol. The number of amides is 1. The van der Waals surface area contributed by atoms with Gasteiger partial charge in [-0.1, -0.05) is 18.2 Å². The number of ether oxygens (including phenoxy) is 1. The van der Waals surface area contributed by atoms with Gasteiger partial charge in [0.25, 0.3) is 5.91 Å². The SMILES string of the molecule is NNC(=O)c1ccc(OCCSc2ccccc2)cc1. The molecule has 0 fully saturated rings. The first kappa shape index (κ1) is 14.4. The summed E-state index contributed by atoms with van der Waals surface area (Å²) in [5.74, 6) is 6.37. The van der Waals surface area contributed by atoms with Gasteiger partial charge in [-0.2, -0.15) is 0 Å². The minimum Gasteiger partial charge on any atom is -0.493 e. The molecule has 0 saturated heterocycles. The summed E-state index contributed by atoms with van der Waals surface area (Å²) in [7, 11) is 0. The van der Waals surface area contributed by atoms with Crippen LogP contribution < -0.4 is 16.0 Å². The van der Waals surface area contributed by atoms with E-state index >= 15 is 0 Å². The summed E-state index contributed by atoms with van der Waals surface area (Å²) >= 11 is 1.75. The maximum atomic E-state index is 11.3. The summed E-state index contributed by atoms with van der Waals surface area (Å²) in [6.07, 6.45) is 0. The highest BCUT2D eigenvalue weighted by molar-refractivity contribution is 7.99. The second-order valence-corrected chi connectivity index (χ2v) is 5.18. The molecule has 0 atom stereocenters. The largest absolute Gasteiger partial charge is 0.493 e. The molecule has 0 aliphatic rings. The van der Waals surface area contributed by atoms with Crippen LogP contribution in [0, 0.1) is 0 Å². The molecule has 0 aliphatic carbocycles. The van der Waals surface area contributed by atoms with Crippen LogP contribution in [0.5, 0.6) is 5.75 Å². The van der Waals surface area contributed by atoms with Crippen LogP contribution in [-0.2, 0) is 0 Å². The van der Waals surface area contributed by atoms with Crippen LogP contribution in [0.15, 0.2) is 59.5 Å². The summed E-state index contributed by atoms with van der Waals surface area (Å²) in [5, 5.41) is 0. The number of rotatable bonds is 6. The summed E-state index contributed by atoms with van der Waals surface area (Å²) < 4.78 is 5.61. The van der Waals surface area contributed by atoms with Gasteiger partial charge in [0.05, 0.1) is 6.61 Å². The van der Waals surface area contributed by atoms with E-state index in [4.69, 9.17) is 10.6 Å². The molecule has 20 heavy (non-hydrogen) atoms. The lowest BCUT2D eigenvalue weighted by atomic mass is 10.2. The zero-order valence-corrected chi connectivity index (χ0v) is 11.7. The number of hydrogen-bond donors (Lipinski definition) is 2. The lowest BCUT2D eigenvalue weighted by molar-refractivity contribution is 0.0953. The topological polar surface area (TPSA) is 64.3 Å². The zero-order chi connectivity index (χ0) is 14.2. The van der Waals surface area contributed by atoms with Crippen LogP contribution in [0.1, 0.15) is 10.4 Å². The van der Waals surface area contributed by atoms with Crippen molar-refractivity contribution in [3.8, 4) is 5.75 Å². The van der Waals surface area contributed by atoms with Gasteiger partial charge in [-0.25, -0.2) is 5.84 Å². The van der Waals surface area contributed by atoms with E-state index in [1.54, 1.807) is 36.0 Å². The molecule has 2 aromatic carbocycles. The fourth-order valence-electron chi connectivity index (χ4n) is 1.62. The van der Waals surface area contributed by atoms with Crippen LogP contribution >= 0.6 is 11.8 Å². The van der Waals surface area contributed by atoms with Crippen LogP contribution in [0.2, 0.25) is 0 Å². The fourth-order valence-corrected chi connectivity index (χ4v) is 2.37. The van der Waals surface area contributed by atoms with E-state index < -0.39 is 0 Å². The normalized spacial score (nSPS) is 10.1. The van der Waals surface area contributed by atoms with Crippen LogP contribution in [0.3, 0.4) is 0 Å². The predicted molar refractivity (Wildman–Crippen MR) is 80.8 cm³/mol. The number of hydrogen-bond acceptors (Lipinski definition) is 4. The van der Waals surface area contributed by atoms with Crippen molar-refractivity contribution in [2.24, 2.45) is 5.84 Å². The van der Waals surface area contributed by atoms with Gasteiger partial charge in [0, 0.05) is 16.2 Å². The van der Waals surface area contributed by atoms with Crippen LogP contribution in [0.25, 0.3) is 0 Å². The Labute approximate surface area is 122 Å². The van der Waals surface area contributed by atoms with Gasteiger partial charge in [-0.15, -0.1) is 11.8 Å². The van der Waals surface area contributed by atoms with Crippen molar-refractivity contribution >= 4 is 17.7 Å². The van der Waals surface area contributed by atoms with Crippen molar-refractivity contribution < 1.29 is 9.53 Å². The molecule has 0 bridgehead atoms. The molecular formula is C15H16N2O2S. The molecule has 0 aromatic heterocycles. The Bertz CT molecular complexity index is 544. The first-order chi connectivity index (χ1) is 9.79. The van der Waals surface area contributed by atoms with Gasteiger partial charge in [0.15, 0.2) is 0 Å². The molecule has 0 unspecified atom stereocenters. The maximum Gasteiger partial charge on any atom is 0.265 e. The van der Waals surface area contributed by atoms with E-state index in [0.29, 0.717) is 12.2 Å². The van der Waals surface area contributed by atoms with E-state index in [1.165, 1.54) is 4.90 Å². The minimum atomic E-state index is -0.309. The monoisotopic (exact) mass is 288 g/mol. The van der Waals surface area contributed by atoms with E-state index in [0.717, 1.165) is 11.5 Å². The van der Waals surface area contributed by atoms with Gasteiger partial charge >= 0.3 is 0 Å². The number of nitrogen functional groups attached to an aromatic ring is 1. The zero-order valence-electron chi connectivity index (χ0n) is 10.9. The average molecular weight is 288 g/mol. The number of nitrogens with two attached hydrogens (primary N) is 1. The maximum absolute atomic E-state index is 11.3. The third kappa shape index (κ3) is 4.29. The van der Waals surface area contributed by atoms with E-state index in [2.05, 4.69) is 17.6 Å². The molecule has 0 heterocycles. The molecule has 0 spiro atoms. The number of hydrazine groups is 1. The minimum absolute atomic E-state index is 0.309. The smallest absolute Gasteiger partial charge is 0.265 e. The molecule has 0 radical (unpaired) electrons. The van der Waals surface area contributed by atoms with E-state index in [1.807, 2.05) is 18.2 Å². The lowest BCUT2D eigenvalue weighted by Gasteiger charge is -2.07. The van der Waals surface area contributed by atoms with Crippen molar-refractivity contribution in [2.45, 2.75) is 4.90 Å². The predicted octanol–water partition coefficient (Wildman–Crippen LogP) is 2.46. The molecule has 104 valence electrons.